The van der Waals surface area contributed by atoms with Crippen molar-refractivity contribution in [3.63, 3.8) is 0 Å². The lowest BCUT2D eigenvalue weighted by molar-refractivity contribution is -0.132. The number of carbonyl (C=O) groups is 2. The average Bonchev–Trinajstić information content (AvgIpc) is 3.61. The van der Waals surface area contributed by atoms with Crippen molar-refractivity contribution in [2.75, 3.05) is 26.2 Å². The number of fused-ring (bicyclic) bond motifs is 1. The summed E-state index contributed by atoms with van der Waals surface area (Å²) in [7, 11) is 0. The molecule has 1 fully saturated rings. The number of imidazole rings is 1. The first-order valence-corrected chi connectivity index (χ1v) is 13.8. The highest BCUT2D eigenvalue weighted by Crippen LogP contribution is 2.37. The molecule has 0 saturated carbocycles. The maximum atomic E-state index is 15.1. The third-order valence-electron chi connectivity index (χ3n) is 8.46. The minimum Gasteiger partial charge on any atom is -0.376 e. The van der Waals surface area contributed by atoms with Gasteiger partial charge in [-0.3, -0.25) is 14.0 Å². The summed E-state index contributed by atoms with van der Waals surface area (Å²) in [4.78, 5) is 32.7. The van der Waals surface area contributed by atoms with Gasteiger partial charge in [0.2, 0.25) is 5.91 Å². The zero-order chi connectivity index (χ0) is 26.5. The van der Waals surface area contributed by atoms with Crippen molar-refractivity contribution in [2.45, 2.75) is 38.8 Å². The fourth-order valence-corrected chi connectivity index (χ4v) is 6.47. The Balaban J connectivity index is 1.25. The van der Waals surface area contributed by atoms with Gasteiger partial charge < -0.3 is 20.1 Å². The topological polar surface area (TPSA) is 83.7 Å². The molecule has 0 bridgehead atoms. The maximum Gasteiger partial charge on any atom is 0.222 e. The van der Waals surface area contributed by atoms with Crippen LogP contribution in [0, 0.1) is 11.7 Å². The number of hydrogen-bond donors (Lipinski definition) is 2. The van der Waals surface area contributed by atoms with Crippen LogP contribution in [-0.2, 0) is 22.7 Å². The second kappa shape index (κ2) is 9.64. The van der Waals surface area contributed by atoms with Crippen LogP contribution < -0.4 is 10.6 Å². The van der Waals surface area contributed by atoms with Gasteiger partial charge in [-0.15, -0.1) is 0 Å². The van der Waals surface area contributed by atoms with E-state index in [4.69, 9.17) is 0 Å². The Morgan fingerprint density at radius 2 is 2.03 bits per heavy atom. The minimum absolute atomic E-state index is 0.0224. The van der Waals surface area contributed by atoms with Gasteiger partial charge in [-0.1, -0.05) is 6.07 Å². The summed E-state index contributed by atoms with van der Waals surface area (Å²) < 4.78 is 19.1. The van der Waals surface area contributed by atoms with Gasteiger partial charge in [0.05, 0.1) is 35.2 Å². The minimum atomic E-state index is -0.346. The third kappa shape index (κ3) is 4.21. The molecule has 0 spiro atoms. The van der Waals surface area contributed by atoms with Crippen molar-refractivity contribution >= 4 is 39.5 Å². The predicted molar refractivity (Wildman–Crippen MR) is 147 cm³/mol. The standard InChI is InChI=1S/C30H31FN6O2/c31-21-13-20-17-35(27(39)5-4-19-6-8-32-9-7-19)11-12-36-18-23(22(14-21)30(20)36)29-28(25(38)16-34-29)24-15-33-26-3-1-2-10-37(24)26/h1-3,10,13-15,18-19,32,34H,4-9,11-12,16-17H2. The normalized spacial score (nSPS) is 18.3. The van der Waals surface area contributed by atoms with Gasteiger partial charge in [-0.2, -0.15) is 0 Å². The Labute approximate surface area is 225 Å². The fraction of sp³-hybridized carbons (Fsp3) is 0.367. The zero-order valence-electron chi connectivity index (χ0n) is 21.8. The van der Waals surface area contributed by atoms with E-state index in [1.807, 2.05) is 39.9 Å². The number of nitrogens with zero attached hydrogens (tertiary/aromatic N) is 4. The molecule has 200 valence electrons. The molecule has 4 aromatic rings. The number of halogens is 1. The lowest BCUT2D eigenvalue weighted by Gasteiger charge is -2.25. The monoisotopic (exact) mass is 526 g/mol. The van der Waals surface area contributed by atoms with Crippen LogP contribution in [0.4, 0.5) is 4.39 Å². The Bertz CT molecular complexity index is 1640. The van der Waals surface area contributed by atoms with Crippen LogP contribution in [0.15, 0.2) is 48.9 Å². The molecule has 1 amide bonds. The number of Topliss-reactive ketones (excluding diaryl/α,β-unsaturated/α-hetero) is 1. The SMILES string of the molecule is O=C1CNC(c2cn3c4c(cc(F)cc24)CN(C(=O)CCC2CCNCC2)CC3)=C1c1cnc2ccccn12. The van der Waals surface area contributed by atoms with Gasteiger partial charge in [-0.25, -0.2) is 9.37 Å². The largest absolute Gasteiger partial charge is 0.376 e. The summed E-state index contributed by atoms with van der Waals surface area (Å²) in [6.07, 6.45) is 9.30. The van der Waals surface area contributed by atoms with Crippen molar-refractivity contribution < 1.29 is 14.0 Å². The molecule has 3 aromatic heterocycles. The van der Waals surface area contributed by atoms with Crippen LogP contribution >= 0.6 is 0 Å². The molecule has 0 unspecified atom stereocenters. The number of pyridine rings is 1. The first-order valence-electron chi connectivity index (χ1n) is 13.8. The molecule has 3 aliphatic rings. The van der Waals surface area contributed by atoms with E-state index in [9.17, 15) is 9.59 Å². The van der Waals surface area contributed by atoms with Gasteiger partial charge in [0.25, 0.3) is 0 Å². The van der Waals surface area contributed by atoms with E-state index in [1.165, 1.54) is 0 Å². The van der Waals surface area contributed by atoms with Gasteiger partial charge in [0, 0.05) is 49.4 Å². The van der Waals surface area contributed by atoms with E-state index in [-0.39, 0.29) is 24.1 Å². The van der Waals surface area contributed by atoms with Crippen molar-refractivity contribution in [3.05, 3.63) is 71.6 Å². The smallest absolute Gasteiger partial charge is 0.222 e. The third-order valence-corrected chi connectivity index (χ3v) is 8.46. The molecule has 0 radical (unpaired) electrons. The maximum absolute atomic E-state index is 15.1. The summed E-state index contributed by atoms with van der Waals surface area (Å²) >= 11 is 0. The molecule has 0 atom stereocenters. The molecule has 6 heterocycles. The highest BCUT2D eigenvalue weighted by molar-refractivity contribution is 6.32. The zero-order valence-corrected chi connectivity index (χ0v) is 21.8. The van der Waals surface area contributed by atoms with Crippen LogP contribution in [0.5, 0.6) is 0 Å². The second-order valence-electron chi connectivity index (χ2n) is 10.8. The molecule has 0 aliphatic carbocycles. The van der Waals surface area contributed by atoms with Crippen LogP contribution in [0.2, 0.25) is 0 Å². The first-order chi connectivity index (χ1) is 19.1. The number of carbonyl (C=O) groups excluding carboxylic acids is 2. The Hall–Kier alpha value is -3.98. The molecule has 9 heteroatoms. The quantitative estimate of drug-likeness (QED) is 0.415. The van der Waals surface area contributed by atoms with Crippen LogP contribution in [0.25, 0.3) is 27.8 Å². The Morgan fingerprint density at radius 3 is 2.90 bits per heavy atom. The molecule has 8 nitrogen and oxygen atoms in total. The molecule has 39 heavy (non-hydrogen) atoms. The number of piperidine rings is 1. The number of hydrogen-bond acceptors (Lipinski definition) is 5. The van der Waals surface area contributed by atoms with Crippen molar-refractivity contribution in [2.24, 2.45) is 5.92 Å². The lowest BCUT2D eigenvalue weighted by Crippen LogP contribution is -2.33. The van der Waals surface area contributed by atoms with E-state index < -0.39 is 0 Å². The van der Waals surface area contributed by atoms with Crippen LogP contribution in [-0.4, -0.2) is 56.7 Å². The Kier molecular flexibility index (Phi) is 5.96. The first kappa shape index (κ1) is 24.1. The molecule has 7 rings (SSSR count). The summed E-state index contributed by atoms with van der Waals surface area (Å²) in [5.41, 5.74) is 5.24. The number of benzene rings is 1. The summed E-state index contributed by atoms with van der Waals surface area (Å²) in [6, 6.07) is 8.81. The van der Waals surface area contributed by atoms with Crippen LogP contribution in [0.3, 0.4) is 0 Å². The number of aromatic nitrogens is 3. The number of nitrogens with one attached hydrogen (secondary N) is 2. The number of amides is 1. The van der Waals surface area contributed by atoms with Gasteiger partial charge in [0.15, 0.2) is 5.78 Å². The van der Waals surface area contributed by atoms with Crippen molar-refractivity contribution in [3.8, 4) is 0 Å². The molecule has 1 saturated heterocycles. The average molecular weight is 527 g/mol. The Morgan fingerprint density at radius 1 is 1.15 bits per heavy atom. The summed E-state index contributed by atoms with van der Waals surface area (Å²) in [5, 5.41) is 7.42. The van der Waals surface area contributed by atoms with E-state index in [2.05, 4.69) is 20.2 Å². The molecule has 1 aromatic carbocycles. The summed E-state index contributed by atoms with van der Waals surface area (Å²) in [5.74, 6) is 0.363. The van der Waals surface area contributed by atoms with E-state index in [0.717, 1.165) is 60.0 Å². The van der Waals surface area contributed by atoms with Crippen LogP contribution in [0.1, 0.15) is 42.5 Å². The van der Waals surface area contributed by atoms with Gasteiger partial charge in [-0.05, 0) is 68.1 Å². The van der Waals surface area contributed by atoms with E-state index in [1.54, 1.807) is 18.3 Å². The van der Waals surface area contributed by atoms with Gasteiger partial charge >= 0.3 is 0 Å². The lowest BCUT2D eigenvalue weighted by atomic mass is 9.93. The van der Waals surface area contributed by atoms with Gasteiger partial charge in [0.1, 0.15) is 11.5 Å². The van der Waals surface area contributed by atoms with Crippen molar-refractivity contribution in [1.82, 2.24) is 29.5 Å². The second-order valence-corrected chi connectivity index (χ2v) is 10.8. The molecular formula is C30H31FN6O2. The highest BCUT2D eigenvalue weighted by atomic mass is 19.1. The predicted octanol–water partition coefficient (Wildman–Crippen LogP) is 3.59. The molecule has 3 aliphatic heterocycles. The van der Waals surface area contributed by atoms with E-state index >= 15 is 4.39 Å². The molecular weight excluding hydrogens is 495 g/mol. The molecule has 2 N–H and O–H groups in total. The van der Waals surface area contributed by atoms with Crippen molar-refractivity contribution in [1.29, 1.82) is 0 Å². The fourth-order valence-electron chi connectivity index (χ4n) is 6.47. The number of ketones is 1. The van der Waals surface area contributed by atoms with E-state index in [0.29, 0.717) is 48.9 Å². The highest BCUT2D eigenvalue weighted by Gasteiger charge is 2.31. The summed E-state index contributed by atoms with van der Waals surface area (Å²) in [6.45, 7) is 3.79. The number of rotatable bonds is 5.